The van der Waals surface area contributed by atoms with Gasteiger partial charge >= 0.3 is 5.97 Å². The molecule has 25 heavy (non-hydrogen) atoms. The van der Waals surface area contributed by atoms with E-state index in [4.69, 9.17) is 14.0 Å². The number of esters is 1. The Morgan fingerprint density at radius 1 is 1.28 bits per heavy atom. The van der Waals surface area contributed by atoms with Gasteiger partial charge in [0.2, 0.25) is 10.0 Å². The number of aryl methyl sites for hydroxylation is 1. The van der Waals surface area contributed by atoms with E-state index in [0.717, 1.165) is 4.31 Å². The predicted molar refractivity (Wildman–Crippen MR) is 88.9 cm³/mol. The zero-order valence-corrected chi connectivity index (χ0v) is 15.5. The number of ether oxygens (including phenoxy) is 2. The van der Waals surface area contributed by atoms with E-state index in [1.165, 1.54) is 39.4 Å². The summed E-state index contributed by atoms with van der Waals surface area (Å²) < 4.78 is 41.2. The maximum atomic E-state index is 12.4. The van der Waals surface area contributed by atoms with Gasteiger partial charge in [0.1, 0.15) is 28.2 Å². The van der Waals surface area contributed by atoms with Gasteiger partial charge < -0.3 is 14.0 Å². The van der Waals surface area contributed by atoms with Crippen molar-refractivity contribution in [2.45, 2.75) is 24.8 Å². The van der Waals surface area contributed by atoms with E-state index in [9.17, 15) is 13.2 Å². The van der Waals surface area contributed by atoms with Crippen molar-refractivity contribution in [2.24, 2.45) is 0 Å². The number of nitrogens with zero attached hydrogens (tertiary/aromatic N) is 2. The van der Waals surface area contributed by atoms with Crippen LogP contribution in [0.1, 0.15) is 34.8 Å². The summed E-state index contributed by atoms with van der Waals surface area (Å²) >= 11 is 0. The average molecular weight is 368 g/mol. The molecule has 0 aliphatic carbocycles. The van der Waals surface area contributed by atoms with Crippen LogP contribution >= 0.6 is 0 Å². The largest absolute Gasteiger partial charge is 0.495 e. The van der Waals surface area contributed by atoms with Crippen LogP contribution in [0.25, 0.3) is 0 Å². The molecule has 0 amide bonds. The first-order valence-electron chi connectivity index (χ1n) is 7.41. The van der Waals surface area contributed by atoms with E-state index in [0.29, 0.717) is 11.5 Å². The van der Waals surface area contributed by atoms with Crippen molar-refractivity contribution in [3.05, 3.63) is 41.3 Å². The zero-order chi connectivity index (χ0) is 18.8. The smallest absolute Gasteiger partial charge is 0.338 e. The topological polar surface area (TPSA) is 98.9 Å². The molecule has 1 heterocycles. The van der Waals surface area contributed by atoms with Gasteiger partial charge in [-0.2, -0.15) is 0 Å². The lowest BCUT2D eigenvalue weighted by Gasteiger charge is -2.16. The van der Waals surface area contributed by atoms with E-state index >= 15 is 0 Å². The molecular weight excluding hydrogens is 348 g/mol. The van der Waals surface area contributed by atoms with Gasteiger partial charge in [0, 0.05) is 20.2 Å². The van der Waals surface area contributed by atoms with Crippen LogP contribution in [-0.2, 0) is 14.8 Å². The maximum Gasteiger partial charge on any atom is 0.338 e. The van der Waals surface area contributed by atoms with Gasteiger partial charge in [0.05, 0.1) is 12.7 Å². The first-order valence-corrected chi connectivity index (χ1v) is 8.85. The molecule has 136 valence electrons. The molecule has 1 atom stereocenters. The number of hydrogen-bond donors (Lipinski definition) is 0. The van der Waals surface area contributed by atoms with Gasteiger partial charge in [-0.05, 0) is 32.0 Å². The normalized spacial score (nSPS) is 12.9. The Labute approximate surface area is 146 Å². The van der Waals surface area contributed by atoms with Crippen LogP contribution in [0.15, 0.2) is 33.7 Å². The molecule has 0 fully saturated rings. The van der Waals surface area contributed by atoms with Gasteiger partial charge in [-0.25, -0.2) is 17.5 Å². The van der Waals surface area contributed by atoms with Crippen molar-refractivity contribution in [2.75, 3.05) is 21.2 Å². The number of carbonyl (C=O) groups excluding carboxylic acids is 1. The van der Waals surface area contributed by atoms with Crippen molar-refractivity contribution >= 4 is 16.0 Å². The Hall–Kier alpha value is -2.39. The molecule has 8 nitrogen and oxygen atoms in total. The van der Waals surface area contributed by atoms with Crippen LogP contribution in [0.3, 0.4) is 0 Å². The average Bonchev–Trinajstić information content (AvgIpc) is 3.00. The molecule has 0 saturated heterocycles. The van der Waals surface area contributed by atoms with E-state index in [-0.39, 0.29) is 16.2 Å². The lowest BCUT2D eigenvalue weighted by atomic mass is 10.2. The number of benzene rings is 1. The fraction of sp³-hybridized carbons (Fsp3) is 0.375. The molecule has 0 unspecified atom stereocenters. The highest BCUT2D eigenvalue weighted by Crippen LogP contribution is 2.28. The van der Waals surface area contributed by atoms with Gasteiger partial charge in [-0.15, -0.1) is 0 Å². The van der Waals surface area contributed by atoms with Crippen molar-refractivity contribution in [3.63, 3.8) is 0 Å². The number of hydrogen-bond acceptors (Lipinski definition) is 7. The second-order valence-electron chi connectivity index (χ2n) is 5.56. The molecule has 1 aromatic heterocycles. The van der Waals surface area contributed by atoms with Crippen LogP contribution < -0.4 is 4.74 Å². The molecule has 0 aliphatic rings. The molecule has 2 rings (SSSR count). The summed E-state index contributed by atoms with van der Waals surface area (Å²) in [7, 11) is 0.374. The zero-order valence-electron chi connectivity index (χ0n) is 14.6. The molecular formula is C16H20N2O6S. The second-order valence-corrected chi connectivity index (χ2v) is 7.68. The van der Waals surface area contributed by atoms with Gasteiger partial charge in [-0.3, -0.25) is 0 Å². The minimum absolute atomic E-state index is 0.0910. The van der Waals surface area contributed by atoms with Gasteiger partial charge in [-0.1, -0.05) is 5.16 Å². The molecule has 9 heteroatoms. The summed E-state index contributed by atoms with van der Waals surface area (Å²) in [6, 6.07) is 5.75. The molecule has 0 radical (unpaired) electrons. The Morgan fingerprint density at radius 3 is 2.48 bits per heavy atom. The van der Waals surface area contributed by atoms with Crippen molar-refractivity contribution in [1.82, 2.24) is 9.46 Å². The van der Waals surface area contributed by atoms with E-state index in [1.807, 2.05) is 0 Å². The standard InChI is InChI=1S/C16H20N2O6S/c1-10-8-13(17-24-10)11(2)23-16(19)12-6-7-14(22-5)15(9-12)25(20,21)18(3)4/h6-9,11H,1-5H3/t11-/m0/s1. The summed E-state index contributed by atoms with van der Waals surface area (Å²) in [4.78, 5) is 12.2. The first-order chi connectivity index (χ1) is 11.7. The van der Waals surface area contributed by atoms with E-state index in [1.54, 1.807) is 19.9 Å². The predicted octanol–water partition coefficient (Wildman–Crippen LogP) is 2.16. The van der Waals surface area contributed by atoms with E-state index < -0.39 is 22.1 Å². The number of methoxy groups -OCH3 is 1. The third-order valence-electron chi connectivity index (χ3n) is 3.50. The van der Waals surface area contributed by atoms with Crippen molar-refractivity contribution in [3.8, 4) is 5.75 Å². The molecule has 1 aromatic carbocycles. The summed E-state index contributed by atoms with van der Waals surface area (Å²) in [6.45, 7) is 3.38. The summed E-state index contributed by atoms with van der Waals surface area (Å²) in [5.74, 6) is 0.0677. The number of rotatable bonds is 6. The fourth-order valence-electron chi connectivity index (χ4n) is 2.07. The Kier molecular flexibility index (Phi) is 5.48. The van der Waals surface area contributed by atoms with Crippen LogP contribution in [0.4, 0.5) is 0 Å². The van der Waals surface area contributed by atoms with Crippen molar-refractivity contribution < 1.29 is 27.2 Å². The fourth-order valence-corrected chi connectivity index (χ4v) is 3.14. The summed E-state index contributed by atoms with van der Waals surface area (Å²) in [5, 5.41) is 3.80. The number of sulfonamides is 1. The highest BCUT2D eigenvalue weighted by atomic mass is 32.2. The third kappa shape index (κ3) is 3.99. The van der Waals surface area contributed by atoms with Crippen molar-refractivity contribution in [1.29, 1.82) is 0 Å². The lowest BCUT2D eigenvalue weighted by Crippen LogP contribution is -2.23. The van der Waals surface area contributed by atoms with Crippen LogP contribution in [0, 0.1) is 6.92 Å². The molecule has 0 aliphatic heterocycles. The number of carbonyl (C=O) groups is 1. The molecule has 0 N–H and O–H groups in total. The SMILES string of the molecule is COc1ccc(C(=O)O[C@@H](C)c2cc(C)on2)cc1S(=O)(=O)N(C)C. The van der Waals surface area contributed by atoms with Gasteiger partial charge in [0.25, 0.3) is 0 Å². The second kappa shape index (κ2) is 7.24. The molecule has 0 saturated carbocycles. The lowest BCUT2D eigenvalue weighted by molar-refractivity contribution is 0.0323. The van der Waals surface area contributed by atoms with Crippen LogP contribution in [0.2, 0.25) is 0 Å². The molecule has 0 spiro atoms. The summed E-state index contributed by atoms with van der Waals surface area (Å²) in [6.07, 6.45) is -0.638. The Balaban J connectivity index is 2.32. The quantitative estimate of drug-likeness (QED) is 0.720. The molecule has 0 bridgehead atoms. The summed E-state index contributed by atoms with van der Waals surface area (Å²) in [5.41, 5.74) is 0.564. The minimum Gasteiger partial charge on any atom is -0.495 e. The third-order valence-corrected chi connectivity index (χ3v) is 5.34. The Bertz CT molecular complexity index is 873. The van der Waals surface area contributed by atoms with Gasteiger partial charge in [0.15, 0.2) is 0 Å². The maximum absolute atomic E-state index is 12.4. The Morgan fingerprint density at radius 2 is 1.96 bits per heavy atom. The highest BCUT2D eigenvalue weighted by molar-refractivity contribution is 7.89. The van der Waals surface area contributed by atoms with Crippen LogP contribution in [-0.4, -0.2) is 45.1 Å². The van der Waals surface area contributed by atoms with Crippen LogP contribution in [0.5, 0.6) is 5.75 Å². The molecule has 2 aromatic rings. The van der Waals surface area contributed by atoms with E-state index in [2.05, 4.69) is 5.16 Å². The first kappa shape index (κ1) is 18.9. The minimum atomic E-state index is -3.78. The highest BCUT2D eigenvalue weighted by Gasteiger charge is 2.25. The monoisotopic (exact) mass is 368 g/mol. The number of aromatic nitrogens is 1.